The van der Waals surface area contributed by atoms with Gasteiger partial charge < -0.3 is 10.0 Å². The number of fused-ring (bicyclic) bond motifs is 1. The Bertz CT molecular complexity index is 265. The SMILES string of the molecule is CC(C)(O)C1=CN2CCN=C2S1. The molecule has 1 N–H and O–H groups in total. The summed E-state index contributed by atoms with van der Waals surface area (Å²) in [6.45, 7) is 5.45. The minimum atomic E-state index is -0.725. The van der Waals surface area contributed by atoms with Crippen LogP contribution in [0, 0.1) is 0 Å². The van der Waals surface area contributed by atoms with Crippen LogP contribution in [-0.2, 0) is 0 Å². The minimum absolute atomic E-state index is 0.725. The zero-order valence-electron chi connectivity index (χ0n) is 7.24. The molecule has 2 aliphatic heterocycles. The molecule has 4 heteroatoms. The van der Waals surface area contributed by atoms with Crippen molar-refractivity contribution < 1.29 is 5.11 Å². The lowest BCUT2D eigenvalue weighted by atomic mass is 10.1. The highest BCUT2D eigenvalue weighted by molar-refractivity contribution is 8.17. The molecule has 0 bridgehead atoms. The van der Waals surface area contributed by atoms with E-state index in [1.165, 1.54) is 0 Å². The molecule has 2 rings (SSSR count). The third-order valence-corrected chi connectivity index (χ3v) is 3.28. The molecule has 12 heavy (non-hydrogen) atoms. The van der Waals surface area contributed by atoms with Crippen LogP contribution in [0.2, 0.25) is 0 Å². The number of hydrogen-bond donors (Lipinski definition) is 1. The molecular weight excluding hydrogens is 172 g/mol. The van der Waals surface area contributed by atoms with E-state index in [1.807, 2.05) is 6.20 Å². The molecule has 0 saturated carbocycles. The predicted octanol–water partition coefficient (Wildman–Crippen LogP) is 1.02. The van der Waals surface area contributed by atoms with E-state index in [1.54, 1.807) is 25.6 Å². The number of aliphatic imine (C=N–C) groups is 1. The Hall–Kier alpha value is -0.480. The van der Waals surface area contributed by atoms with Gasteiger partial charge in [0.1, 0.15) is 0 Å². The van der Waals surface area contributed by atoms with Crippen LogP contribution >= 0.6 is 11.8 Å². The van der Waals surface area contributed by atoms with E-state index in [4.69, 9.17) is 0 Å². The van der Waals surface area contributed by atoms with Crippen molar-refractivity contribution >= 4 is 16.9 Å². The summed E-state index contributed by atoms with van der Waals surface area (Å²) < 4.78 is 0. The average Bonchev–Trinajstić information content (AvgIpc) is 2.37. The first-order valence-electron chi connectivity index (χ1n) is 4.01. The monoisotopic (exact) mass is 184 g/mol. The van der Waals surface area contributed by atoms with Crippen LogP contribution in [0.25, 0.3) is 0 Å². The summed E-state index contributed by atoms with van der Waals surface area (Å²) >= 11 is 1.58. The highest BCUT2D eigenvalue weighted by Crippen LogP contribution is 2.37. The first-order valence-corrected chi connectivity index (χ1v) is 4.82. The van der Waals surface area contributed by atoms with Gasteiger partial charge >= 0.3 is 0 Å². The first kappa shape index (κ1) is 8.13. The molecule has 0 aromatic carbocycles. The molecule has 0 aliphatic carbocycles. The highest BCUT2D eigenvalue weighted by atomic mass is 32.2. The Morgan fingerprint density at radius 2 is 2.42 bits per heavy atom. The second-order valence-electron chi connectivity index (χ2n) is 3.51. The Balaban J connectivity index is 2.19. The number of nitrogens with zero attached hydrogens (tertiary/aromatic N) is 2. The van der Waals surface area contributed by atoms with E-state index < -0.39 is 5.60 Å². The van der Waals surface area contributed by atoms with Crippen LogP contribution in [0.15, 0.2) is 16.1 Å². The maximum absolute atomic E-state index is 9.70. The van der Waals surface area contributed by atoms with Crippen LogP contribution in [0.3, 0.4) is 0 Å². The zero-order chi connectivity index (χ0) is 8.77. The fraction of sp³-hybridized carbons (Fsp3) is 0.625. The van der Waals surface area contributed by atoms with Gasteiger partial charge in [0.15, 0.2) is 5.17 Å². The number of amidine groups is 1. The van der Waals surface area contributed by atoms with Gasteiger partial charge in [-0.15, -0.1) is 0 Å². The van der Waals surface area contributed by atoms with Crippen LogP contribution in [0.4, 0.5) is 0 Å². The molecule has 0 aromatic heterocycles. The van der Waals surface area contributed by atoms with Gasteiger partial charge in [0.25, 0.3) is 0 Å². The molecule has 0 unspecified atom stereocenters. The number of hydrogen-bond acceptors (Lipinski definition) is 4. The second kappa shape index (κ2) is 2.50. The normalized spacial score (nSPS) is 22.4. The van der Waals surface area contributed by atoms with Crippen LogP contribution < -0.4 is 0 Å². The van der Waals surface area contributed by atoms with Crippen LogP contribution in [0.5, 0.6) is 0 Å². The maximum atomic E-state index is 9.70. The molecule has 0 saturated heterocycles. The van der Waals surface area contributed by atoms with Crippen molar-refractivity contribution in [1.82, 2.24) is 4.90 Å². The van der Waals surface area contributed by atoms with Crippen molar-refractivity contribution in [2.24, 2.45) is 4.99 Å². The molecule has 0 aromatic rings. The highest BCUT2D eigenvalue weighted by Gasteiger charge is 2.31. The quantitative estimate of drug-likeness (QED) is 0.661. The first-order chi connectivity index (χ1) is 5.57. The van der Waals surface area contributed by atoms with Crippen LogP contribution in [-0.4, -0.2) is 33.9 Å². The number of thioether (sulfide) groups is 1. The fourth-order valence-corrected chi connectivity index (χ4v) is 2.24. The summed E-state index contributed by atoms with van der Waals surface area (Å²) in [7, 11) is 0. The molecular formula is C8H12N2OS. The van der Waals surface area contributed by atoms with E-state index in [-0.39, 0.29) is 0 Å². The van der Waals surface area contributed by atoms with Crippen molar-refractivity contribution in [1.29, 1.82) is 0 Å². The van der Waals surface area contributed by atoms with E-state index in [0.29, 0.717) is 0 Å². The van der Waals surface area contributed by atoms with E-state index in [0.717, 1.165) is 23.2 Å². The molecule has 0 spiro atoms. The lowest BCUT2D eigenvalue weighted by Crippen LogP contribution is -2.19. The number of aliphatic hydroxyl groups is 1. The van der Waals surface area contributed by atoms with Gasteiger partial charge in [0, 0.05) is 17.6 Å². The number of rotatable bonds is 1. The average molecular weight is 184 g/mol. The van der Waals surface area contributed by atoms with Gasteiger partial charge in [-0.05, 0) is 13.8 Å². The van der Waals surface area contributed by atoms with Gasteiger partial charge in [-0.3, -0.25) is 4.99 Å². The van der Waals surface area contributed by atoms with Gasteiger partial charge in [0.2, 0.25) is 0 Å². The molecule has 0 fully saturated rings. The van der Waals surface area contributed by atoms with Gasteiger partial charge in [-0.2, -0.15) is 0 Å². The van der Waals surface area contributed by atoms with Crippen LogP contribution in [0.1, 0.15) is 13.8 Å². The lowest BCUT2D eigenvalue weighted by molar-refractivity contribution is 0.128. The summed E-state index contributed by atoms with van der Waals surface area (Å²) in [6.07, 6.45) is 2.00. The summed E-state index contributed by atoms with van der Waals surface area (Å²) in [5.41, 5.74) is -0.725. The zero-order valence-corrected chi connectivity index (χ0v) is 8.06. The van der Waals surface area contributed by atoms with Crippen molar-refractivity contribution in [3.63, 3.8) is 0 Å². The minimum Gasteiger partial charge on any atom is -0.385 e. The Morgan fingerprint density at radius 3 is 3.00 bits per heavy atom. The topological polar surface area (TPSA) is 35.8 Å². The standard InChI is InChI=1S/C8H12N2OS/c1-8(2,11)6-5-10-4-3-9-7(10)12-6/h5,11H,3-4H2,1-2H3. The maximum Gasteiger partial charge on any atom is 0.168 e. The van der Waals surface area contributed by atoms with Crippen molar-refractivity contribution in [3.8, 4) is 0 Å². The fourth-order valence-electron chi connectivity index (χ4n) is 1.20. The molecule has 2 aliphatic rings. The molecule has 3 nitrogen and oxygen atoms in total. The summed E-state index contributed by atoms with van der Waals surface area (Å²) in [6, 6.07) is 0. The van der Waals surface area contributed by atoms with E-state index in [9.17, 15) is 5.11 Å². The van der Waals surface area contributed by atoms with Crippen molar-refractivity contribution in [3.05, 3.63) is 11.1 Å². The summed E-state index contributed by atoms with van der Waals surface area (Å²) in [5.74, 6) is 0. The van der Waals surface area contributed by atoms with E-state index in [2.05, 4.69) is 9.89 Å². The predicted molar refractivity (Wildman–Crippen MR) is 51.0 cm³/mol. The van der Waals surface area contributed by atoms with E-state index >= 15 is 0 Å². The second-order valence-corrected chi connectivity index (χ2v) is 4.52. The third kappa shape index (κ3) is 1.25. The Kier molecular flexibility index (Phi) is 1.70. The van der Waals surface area contributed by atoms with Crippen molar-refractivity contribution in [2.75, 3.05) is 13.1 Å². The van der Waals surface area contributed by atoms with Gasteiger partial charge in [-0.25, -0.2) is 0 Å². The molecule has 66 valence electrons. The molecule has 0 radical (unpaired) electrons. The van der Waals surface area contributed by atoms with Gasteiger partial charge in [-0.1, -0.05) is 11.8 Å². The Labute approximate surface area is 76.2 Å². The smallest absolute Gasteiger partial charge is 0.168 e. The lowest BCUT2D eigenvalue weighted by Gasteiger charge is -2.16. The Morgan fingerprint density at radius 1 is 1.67 bits per heavy atom. The summed E-state index contributed by atoms with van der Waals surface area (Å²) in [5, 5.41) is 10.7. The van der Waals surface area contributed by atoms with Gasteiger partial charge in [0.05, 0.1) is 12.1 Å². The van der Waals surface area contributed by atoms with Crippen molar-refractivity contribution in [2.45, 2.75) is 19.4 Å². The molecule has 0 amide bonds. The third-order valence-electron chi connectivity index (χ3n) is 1.91. The summed E-state index contributed by atoms with van der Waals surface area (Å²) in [4.78, 5) is 7.39. The molecule has 0 atom stereocenters. The largest absolute Gasteiger partial charge is 0.385 e. The molecule has 2 heterocycles.